The van der Waals surface area contributed by atoms with E-state index >= 15 is 0 Å². The van der Waals surface area contributed by atoms with Crippen LogP contribution in [0.25, 0.3) is 11.1 Å². The Labute approximate surface area is 180 Å². The fraction of sp³-hybridized carbons (Fsp3) is 0.300. The van der Waals surface area contributed by atoms with Crippen molar-refractivity contribution in [2.45, 2.75) is 6.10 Å². The minimum Gasteiger partial charge on any atom is -0.453 e. The number of ether oxygens (including phenoxy) is 3. The second kappa shape index (κ2) is 8.65. The lowest BCUT2D eigenvalue weighted by Gasteiger charge is -2.16. The van der Waals surface area contributed by atoms with Gasteiger partial charge < -0.3 is 19.5 Å². The zero-order valence-corrected chi connectivity index (χ0v) is 16.8. The number of nitrogens with zero attached hydrogens (tertiary/aromatic N) is 3. The van der Waals surface area contributed by atoms with Crippen LogP contribution >= 0.6 is 0 Å². The zero-order chi connectivity index (χ0) is 22.8. The maximum Gasteiger partial charge on any atom is 0.415 e. The van der Waals surface area contributed by atoms with Gasteiger partial charge in [-0.1, -0.05) is 0 Å². The fourth-order valence-electron chi connectivity index (χ4n) is 3.37. The molecule has 2 aliphatic heterocycles. The molecule has 0 aliphatic carbocycles. The lowest BCUT2D eigenvalue weighted by molar-refractivity contribution is 0.132. The minimum absolute atomic E-state index is 0.0420. The van der Waals surface area contributed by atoms with Crippen LogP contribution in [0, 0.1) is 11.6 Å². The van der Waals surface area contributed by atoms with E-state index in [0.717, 1.165) is 4.90 Å². The van der Waals surface area contributed by atoms with Crippen molar-refractivity contribution in [1.29, 1.82) is 0 Å². The number of halogens is 2. The summed E-state index contributed by atoms with van der Waals surface area (Å²) < 4.78 is 44.1. The van der Waals surface area contributed by atoms with Gasteiger partial charge in [-0.25, -0.2) is 28.1 Å². The highest BCUT2D eigenvalue weighted by atomic mass is 19.2. The minimum atomic E-state index is -1.23. The van der Waals surface area contributed by atoms with Crippen LogP contribution in [0.2, 0.25) is 0 Å². The number of methoxy groups -OCH3 is 1. The number of aromatic nitrogens is 1. The molecule has 4 rings (SSSR count). The van der Waals surface area contributed by atoms with E-state index in [2.05, 4.69) is 15.0 Å². The first-order chi connectivity index (χ1) is 15.4. The summed E-state index contributed by atoms with van der Waals surface area (Å²) in [5.41, 5.74) is -0.0691. The van der Waals surface area contributed by atoms with E-state index in [1.54, 1.807) is 0 Å². The number of alkyl carbamates (subject to hydrolysis) is 1. The molecule has 2 aromatic rings. The number of rotatable bonds is 5. The summed E-state index contributed by atoms with van der Waals surface area (Å²) in [5, 5.41) is 2.38. The van der Waals surface area contributed by atoms with Gasteiger partial charge in [0.1, 0.15) is 18.5 Å². The maximum absolute atomic E-state index is 14.8. The van der Waals surface area contributed by atoms with Gasteiger partial charge in [-0.2, -0.15) is 0 Å². The Kier molecular flexibility index (Phi) is 5.75. The Morgan fingerprint density at radius 3 is 2.66 bits per heavy atom. The van der Waals surface area contributed by atoms with Crippen LogP contribution < -0.4 is 15.1 Å². The third-order valence-electron chi connectivity index (χ3n) is 4.98. The number of benzene rings is 1. The van der Waals surface area contributed by atoms with E-state index in [9.17, 15) is 23.2 Å². The van der Waals surface area contributed by atoms with E-state index in [1.807, 2.05) is 0 Å². The molecule has 0 radical (unpaired) electrons. The maximum atomic E-state index is 14.8. The van der Waals surface area contributed by atoms with Gasteiger partial charge in [-0.05, 0) is 24.3 Å². The second-order valence-electron chi connectivity index (χ2n) is 6.92. The van der Waals surface area contributed by atoms with E-state index in [0.29, 0.717) is 12.4 Å². The molecule has 3 heterocycles. The van der Waals surface area contributed by atoms with Crippen molar-refractivity contribution in [3.63, 3.8) is 0 Å². The number of carbonyl (C=O) groups excluding carboxylic acids is 3. The van der Waals surface area contributed by atoms with Crippen molar-refractivity contribution in [3.8, 4) is 11.1 Å². The van der Waals surface area contributed by atoms with E-state index in [-0.39, 0.29) is 36.5 Å². The first kappa shape index (κ1) is 21.3. The first-order valence-electron chi connectivity index (χ1n) is 9.57. The molecule has 32 heavy (non-hydrogen) atoms. The largest absolute Gasteiger partial charge is 0.453 e. The van der Waals surface area contributed by atoms with Crippen molar-refractivity contribution in [2.75, 3.05) is 43.2 Å². The molecule has 2 aliphatic rings. The van der Waals surface area contributed by atoms with Gasteiger partial charge in [0.2, 0.25) is 0 Å². The van der Waals surface area contributed by atoms with Crippen LogP contribution in [0.5, 0.6) is 0 Å². The summed E-state index contributed by atoms with van der Waals surface area (Å²) in [6.45, 7) is 0.480. The Morgan fingerprint density at radius 2 is 2.00 bits per heavy atom. The number of amides is 3. The first-order valence-corrected chi connectivity index (χ1v) is 9.57. The van der Waals surface area contributed by atoms with Gasteiger partial charge in [-0.15, -0.1) is 0 Å². The van der Waals surface area contributed by atoms with Gasteiger partial charge in [-0.3, -0.25) is 9.80 Å². The molecule has 2 saturated heterocycles. The average Bonchev–Trinajstić information content (AvgIpc) is 3.39. The van der Waals surface area contributed by atoms with Crippen LogP contribution in [0.15, 0.2) is 30.5 Å². The molecule has 2 fully saturated rings. The Bertz CT molecular complexity index is 1060. The number of nitrogens with one attached hydrogen (secondary N) is 1. The lowest BCUT2D eigenvalue weighted by Crippen LogP contribution is -2.34. The summed E-state index contributed by atoms with van der Waals surface area (Å²) in [4.78, 5) is 41.3. The van der Waals surface area contributed by atoms with E-state index in [1.165, 1.54) is 42.5 Å². The fourth-order valence-corrected chi connectivity index (χ4v) is 3.37. The Morgan fingerprint density at radius 1 is 1.19 bits per heavy atom. The van der Waals surface area contributed by atoms with Gasteiger partial charge in [0, 0.05) is 17.3 Å². The van der Waals surface area contributed by atoms with Gasteiger partial charge in [0.15, 0.2) is 11.6 Å². The van der Waals surface area contributed by atoms with Crippen molar-refractivity contribution < 1.29 is 37.4 Å². The molecule has 3 amide bonds. The van der Waals surface area contributed by atoms with Crippen LogP contribution in [-0.2, 0) is 14.2 Å². The number of pyridine rings is 1. The number of anilines is 2. The third kappa shape index (κ3) is 3.98. The highest BCUT2D eigenvalue weighted by Crippen LogP contribution is 2.32. The van der Waals surface area contributed by atoms with Crippen molar-refractivity contribution in [2.24, 2.45) is 0 Å². The number of carbonyl (C=O) groups is 3. The molecule has 0 spiro atoms. The third-order valence-corrected chi connectivity index (χ3v) is 4.98. The van der Waals surface area contributed by atoms with Gasteiger partial charge >= 0.3 is 18.3 Å². The standard InChI is InChI=1S/C20H18F2N4O6/c1-30-18(27)24-9-12-10-26(20(29)32-12)14-4-3-13(16(21)17(14)22)11-2-5-15(23-8-11)25-6-7-31-19(25)28/h2-5,8,12H,6-7,9-10H2,1H3,(H,24,27). The summed E-state index contributed by atoms with van der Waals surface area (Å²) in [5.74, 6) is -2.06. The smallest absolute Gasteiger partial charge is 0.415 e. The molecule has 1 aromatic heterocycles. The van der Waals surface area contributed by atoms with Gasteiger partial charge in [0.25, 0.3) is 0 Å². The van der Waals surface area contributed by atoms with Crippen LogP contribution in [0.4, 0.5) is 34.7 Å². The Balaban J connectivity index is 1.52. The number of hydrogen-bond acceptors (Lipinski definition) is 7. The summed E-state index contributed by atoms with van der Waals surface area (Å²) in [7, 11) is 1.19. The highest BCUT2D eigenvalue weighted by Gasteiger charge is 2.35. The number of hydrogen-bond donors (Lipinski definition) is 1. The monoisotopic (exact) mass is 448 g/mol. The molecular weight excluding hydrogens is 430 g/mol. The number of cyclic esters (lactones) is 2. The molecule has 168 valence electrons. The summed E-state index contributed by atoms with van der Waals surface area (Å²) in [6, 6.07) is 5.59. The van der Waals surface area contributed by atoms with Crippen LogP contribution in [0.3, 0.4) is 0 Å². The van der Waals surface area contributed by atoms with Crippen molar-refractivity contribution in [1.82, 2.24) is 10.3 Å². The SMILES string of the molecule is COC(=O)NCC1CN(c2ccc(-c3ccc(N4CCOC4=O)nc3)c(F)c2F)C(=O)O1. The molecule has 1 N–H and O–H groups in total. The summed E-state index contributed by atoms with van der Waals surface area (Å²) in [6.07, 6.45) is -1.53. The summed E-state index contributed by atoms with van der Waals surface area (Å²) >= 11 is 0. The van der Waals surface area contributed by atoms with Crippen LogP contribution in [0.1, 0.15) is 0 Å². The Hall–Kier alpha value is -3.96. The molecule has 12 heteroatoms. The normalized spacial score (nSPS) is 17.9. The lowest BCUT2D eigenvalue weighted by atomic mass is 10.1. The van der Waals surface area contributed by atoms with Crippen molar-refractivity contribution in [3.05, 3.63) is 42.1 Å². The molecular formula is C20H18F2N4O6. The zero-order valence-electron chi connectivity index (χ0n) is 16.8. The molecule has 1 atom stereocenters. The van der Waals surface area contributed by atoms with Crippen LogP contribution in [-0.4, -0.2) is 62.7 Å². The topological polar surface area (TPSA) is 110 Å². The average molecular weight is 448 g/mol. The molecule has 0 saturated carbocycles. The molecule has 1 aromatic carbocycles. The van der Waals surface area contributed by atoms with E-state index < -0.39 is 36.0 Å². The predicted octanol–water partition coefficient (Wildman–Crippen LogP) is 2.66. The molecule has 1 unspecified atom stereocenters. The van der Waals surface area contributed by atoms with Gasteiger partial charge in [0.05, 0.1) is 32.4 Å². The van der Waals surface area contributed by atoms with Crippen molar-refractivity contribution >= 4 is 29.8 Å². The second-order valence-corrected chi connectivity index (χ2v) is 6.92. The molecule has 0 bridgehead atoms. The highest BCUT2D eigenvalue weighted by molar-refractivity contribution is 5.91. The predicted molar refractivity (Wildman–Crippen MR) is 106 cm³/mol. The van der Waals surface area contributed by atoms with E-state index in [4.69, 9.17) is 9.47 Å². The molecule has 10 nitrogen and oxygen atoms in total. The quantitative estimate of drug-likeness (QED) is 0.701.